The average molecular weight is 427 g/mol. The van der Waals surface area contributed by atoms with Gasteiger partial charge in [0, 0.05) is 38.2 Å². The third-order valence-corrected chi connectivity index (χ3v) is 6.20. The third-order valence-electron chi connectivity index (χ3n) is 4.37. The molecule has 0 aromatic heterocycles. The van der Waals surface area contributed by atoms with Gasteiger partial charge in [0.2, 0.25) is 10.0 Å². The number of hydrogen-bond donors (Lipinski definition) is 1. The summed E-state index contributed by atoms with van der Waals surface area (Å²) in [6.07, 6.45) is 0.356. The van der Waals surface area contributed by atoms with E-state index in [1.54, 1.807) is 13.8 Å². The predicted molar refractivity (Wildman–Crippen MR) is 99.1 cm³/mol. The zero-order valence-corrected chi connectivity index (χ0v) is 16.9. The fraction of sp³-hybridized carbons (Fsp3) is 0.316. The van der Waals surface area contributed by atoms with Gasteiger partial charge in [0.15, 0.2) is 11.6 Å². The zero-order valence-electron chi connectivity index (χ0n) is 16.1. The molecule has 0 atom stereocenters. The van der Waals surface area contributed by atoms with Gasteiger partial charge in [-0.3, -0.25) is 0 Å². The summed E-state index contributed by atoms with van der Waals surface area (Å²) in [6.45, 7) is 3.58. The van der Waals surface area contributed by atoms with Crippen LogP contribution in [0.25, 0.3) is 0 Å². The summed E-state index contributed by atoms with van der Waals surface area (Å²) < 4.78 is 65.2. The number of carbonyl (C=O) groups is 1. The number of hydrogen-bond acceptors (Lipinski definition) is 5. The summed E-state index contributed by atoms with van der Waals surface area (Å²) in [7, 11) is -1.81. The van der Waals surface area contributed by atoms with Gasteiger partial charge in [-0.25, -0.2) is 26.3 Å². The van der Waals surface area contributed by atoms with Crippen LogP contribution in [0.4, 0.5) is 8.78 Å². The highest BCUT2D eigenvalue weighted by atomic mass is 32.2. The summed E-state index contributed by atoms with van der Waals surface area (Å²) in [5, 5.41) is 9.30. The molecule has 0 aliphatic carbocycles. The Balaban J connectivity index is 2.08. The van der Waals surface area contributed by atoms with Gasteiger partial charge in [0.05, 0.1) is 5.56 Å². The lowest BCUT2D eigenvalue weighted by atomic mass is 10.00. The molecular formula is C19H19F2NO6S. The number of rotatable bonds is 5. The zero-order chi connectivity index (χ0) is 21.7. The molecule has 10 heteroatoms. The standard InChI is InChI=1S/C19H19F2NO6S/c1-19(2)9-11-14(5-10(18(23)24)6-15(11)28-19)27-16-7-13(21)17(8-12(16)20)29(25,26)22(3)4/h5-8H,9H2,1-4H3,(H,23,24). The number of halogens is 2. The van der Waals surface area contributed by atoms with E-state index in [9.17, 15) is 27.1 Å². The number of benzene rings is 2. The maximum Gasteiger partial charge on any atom is 0.335 e. The van der Waals surface area contributed by atoms with Crippen molar-refractivity contribution in [3.8, 4) is 17.2 Å². The van der Waals surface area contributed by atoms with Crippen molar-refractivity contribution in [2.24, 2.45) is 0 Å². The van der Waals surface area contributed by atoms with Crippen LogP contribution in [0.1, 0.15) is 29.8 Å². The molecule has 1 aliphatic heterocycles. The van der Waals surface area contributed by atoms with Crippen LogP contribution in [0.3, 0.4) is 0 Å². The number of aromatic carboxylic acids is 1. The van der Waals surface area contributed by atoms with Gasteiger partial charge < -0.3 is 14.6 Å². The summed E-state index contributed by atoms with van der Waals surface area (Å²) in [4.78, 5) is 10.6. The predicted octanol–water partition coefficient (Wildman–Crippen LogP) is 3.42. The molecule has 156 valence electrons. The minimum Gasteiger partial charge on any atom is -0.487 e. The summed E-state index contributed by atoms with van der Waals surface area (Å²) in [6, 6.07) is 3.67. The van der Waals surface area contributed by atoms with E-state index in [0.29, 0.717) is 24.1 Å². The van der Waals surface area contributed by atoms with Gasteiger partial charge in [-0.2, -0.15) is 0 Å². The van der Waals surface area contributed by atoms with E-state index in [1.807, 2.05) is 0 Å². The summed E-state index contributed by atoms with van der Waals surface area (Å²) in [5.41, 5.74) is -0.278. The first kappa shape index (κ1) is 21.0. The van der Waals surface area contributed by atoms with Gasteiger partial charge in [0.1, 0.15) is 27.8 Å². The first-order chi connectivity index (χ1) is 13.3. The smallest absolute Gasteiger partial charge is 0.335 e. The largest absolute Gasteiger partial charge is 0.487 e. The molecule has 0 radical (unpaired) electrons. The van der Waals surface area contributed by atoms with Crippen LogP contribution in [0.2, 0.25) is 0 Å². The molecule has 3 rings (SSSR count). The van der Waals surface area contributed by atoms with Crippen LogP contribution in [0.15, 0.2) is 29.2 Å². The van der Waals surface area contributed by atoms with Crippen LogP contribution in [-0.4, -0.2) is 43.5 Å². The topological polar surface area (TPSA) is 93.1 Å². The van der Waals surface area contributed by atoms with Crippen LogP contribution >= 0.6 is 0 Å². The number of fused-ring (bicyclic) bond motifs is 1. The SMILES string of the molecule is CN(C)S(=O)(=O)c1cc(F)c(Oc2cc(C(=O)O)cc3c2CC(C)(C)O3)cc1F. The van der Waals surface area contributed by atoms with Crippen molar-refractivity contribution in [1.82, 2.24) is 4.31 Å². The van der Waals surface area contributed by atoms with Crippen molar-refractivity contribution in [2.45, 2.75) is 30.8 Å². The highest BCUT2D eigenvalue weighted by molar-refractivity contribution is 7.89. The average Bonchev–Trinajstić information content (AvgIpc) is 2.91. The maximum atomic E-state index is 14.6. The van der Waals surface area contributed by atoms with E-state index in [2.05, 4.69) is 0 Å². The minimum absolute atomic E-state index is 0.00742. The van der Waals surface area contributed by atoms with E-state index >= 15 is 0 Å². The van der Waals surface area contributed by atoms with E-state index < -0.39 is 43.9 Å². The third kappa shape index (κ3) is 3.90. The second kappa shape index (κ2) is 6.96. The lowest BCUT2D eigenvalue weighted by Gasteiger charge is -2.16. The van der Waals surface area contributed by atoms with Gasteiger partial charge in [0.25, 0.3) is 0 Å². The highest BCUT2D eigenvalue weighted by Crippen LogP contribution is 2.43. The Morgan fingerprint density at radius 2 is 1.79 bits per heavy atom. The molecule has 2 aromatic rings. The van der Waals surface area contributed by atoms with Crippen molar-refractivity contribution in [3.05, 3.63) is 47.0 Å². The molecule has 0 amide bonds. The van der Waals surface area contributed by atoms with Crippen molar-refractivity contribution >= 4 is 16.0 Å². The van der Waals surface area contributed by atoms with Crippen LogP contribution in [0, 0.1) is 11.6 Å². The van der Waals surface area contributed by atoms with Gasteiger partial charge in [-0.1, -0.05) is 0 Å². The summed E-state index contributed by atoms with van der Waals surface area (Å²) >= 11 is 0. The molecule has 1 N–H and O–H groups in total. The monoisotopic (exact) mass is 427 g/mol. The molecule has 1 heterocycles. The molecule has 0 bridgehead atoms. The normalized spacial score (nSPS) is 15.1. The molecule has 1 aliphatic rings. The lowest BCUT2D eigenvalue weighted by molar-refractivity contribution is 0.0695. The van der Waals surface area contributed by atoms with Crippen LogP contribution in [-0.2, 0) is 16.4 Å². The number of ether oxygens (including phenoxy) is 2. The number of carboxylic acid groups (broad SMARTS) is 1. The van der Waals surface area contributed by atoms with Gasteiger partial charge in [-0.05, 0) is 26.0 Å². The molecule has 29 heavy (non-hydrogen) atoms. The molecular weight excluding hydrogens is 408 g/mol. The van der Waals surface area contributed by atoms with E-state index in [1.165, 1.54) is 26.2 Å². The number of sulfonamides is 1. The molecule has 0 saturated carbocycles. The van der Waals surface area contributed by atoms with Crippen molar-refractivity contribution < 1.29 is 36.6 Å². The highest BCUT2D eigenvalue weighted by Gasteiger charge is 2.34. The molecule has 0 spiro atoms. The number of nitrogens with zero attached hydrogens (tertiary/aromatic N) is 1. The summed E-state index contributed by atoms with van der Waals surface area (Å²) in [5.74, 6) is -3.86. The molecule has 0 saturated heterocycles. The molecule has 2 aromatic carbocycles. The first-order valence-corrected chi connectivity index (χ1v) is 9.94. The Kier molecular flexibility index (Phi) is 5.04. The second-order valence-corrected chi connectivity index (χ2v) is 9.52. The van der Waals surface area contributed by atoms with Crippen LogP contribution < -0.4 is 9.47 Å². The second-order valence-electron chi connectivity index (χ2n) is 7.40. The minimum atomic E-state index is -4.20. The van der Waals surface area contributed by atoms with Gasteiger partial charge >= 0.3 is 5.97 Å². The van der Waals surface area contributed by atoms with Crippen LogP contribution in [0.5, 0.6) is 17.2 Å². The first-order valence-electron chi connectivity index (χ1n) is 8.50. The Morgan fingerprint density at radius 1 is 1.14 bits per heavy atom. The van der Waals surface area contributed by atoms with Crippen molar-refractivity contribution in [1.29, 1.82) is 0 Å². The molecule has 0 unspecified atom stereocenters. The molecule has 0 fully saturated rings. The fourth-order valence-electron chi connectivity index (χ4n) is 2.96. The number of carboxylic acids is 1. The Morgan fingerprint density at radius 3 is 2.38 bits per heavy atom. The van der Waals surface area contributed by atoms with E-state index in [-0.39, 0.29) is 17.1 Å². The Labute approximate surface area is 166 Å². The maximum absolute atomic E-state index is 14.6. The van der Waals surface area contributed by atoms with Gasteiger partial charge in [-0.15, -0.1) is 0 Å². The van der Waals surface area contributed by atoms with E-state index in [0.717, 1.165) is 4.31 Å². The quantitative estimate of drug-likeness (QED) is 0.786. The lowest BCUT2D eigenvalue weighted by Crippen LogP contribution is -2.24. The molecule has 7 nitrogen and oxygen atoms in total. The van der Waals surface area contributed by atoms with E-state index in [4.69, 9.17) is 9.47 Å². The Bertz CT molecular complexity index is 1110. The van der Waals surface area contributed by atoms with Crippen molar-refractivity contribution in [3.63, 3.8) is 0 Å². The van der Waals surface area contributed by atoms with Crippen molar-refractivity contribution in [2.75, 3.05) is 14.1 Å². The Hall–Kier alpha value is -2.72. The fourth-order valence-corrected chi connectivity index (χ4v) is 3.91.